The maximum Gasteiger partial charge on any atom is 0.327 e. The van der Waals surface area contributed by atoms with Crippen LogP contribution in [-0.2, 0) is 29.4 Å². The Labute approximate surface area is 158 Å². The molecule has 0 spiro atoms. The van der Waals surface area contributed by atoms with Gasteiger partial charge in [0, 0.05) is 18.1 Å². The molecule has 0 saturated heterocycles. The molecule has 9 nitrogen and oxygen atoms in total. The minimum absolute atomic E-state index is 0.00814. The van der Waals surface area contributed by atoms with Gasteiger partial charge in [-0.2, -0.15) is 4.31 Å². The topological polar surface area (TPSA) is 129 Å². The van der Waals surface area contributed by atoms with Crippen molar-refractivity contribution in [3.05, 3.63) is 48.7 Å². The third-order valence-electron chi connectivity index (χ3n) is 4.52. The molecule has 3 aromatic rings. The van der Waals surface area contributed by atoms with Crippen molar-refractivity contribution >= 4 is 32.4 Å². The largest absolute Gasteiger partial charge is 0.327 e. The fourth-order valence-corrected chi connectivity index (χ4v) is 5.49. The van der Waals surface area contributed by atoms with E-state index in [1.807, 2.05) is 0 Å². The molecule has 0 atom stereocenters. The van der Waals surface area contributed by atoms with Gasteiger partial charge in [0.2, 0.25) is 10.0 Å². The summed E-state index contributed by atoms with van der Waals surface area (Å²) in [5, 5.41) is 0.762. The van der Waals surface area contributed by atoms with Crippen molar-refractivity contribution in [3.8, 4) is 0 Å². The molecule has 1 aliphatic rings. The lowest BCUT2D eigenvalue weighted by atomic mass is 10.0. The first kappa shape index (κ1) is 18.0. The van der Waals surface area contributed by atoms with Gasteiger partial charge in [-0.25, -0.2) is 23.2 Å². The molecule has 3 heterocycles. The van der Waals surface area contributed by atoms with Crippen LogP contribution in [0, 0.1) is 0 Å². The van der Waals surface area contributed by atoms with E-state index >= 15 is 0 Å². The van der Waals surface area contributed by atoms with Crippen molar-refractivity contribution in [3.63, 3.8) is 0 Å². The van der Waals surface area contributed by atoms with E-state index in [0.717, 1.165) is 42.6 Å². The lowest BCUT2D eigenvalue weighted by molar-refractivity contribution is 0.465. The van der Waals surface area contributed by atoms with Gasteiger partial charge in [0.15, 0.2) is 0 Å². The van der Waals surface area contributed by atoms with Crippen LogP contribution >= 0.6 is 11.3 Å². The second-order valence-electron chi connectivity index (χ2n) is 6.42. The van der Waals surface area contributed by atoms with Crippen LogP contribution in [0.2, 0.25) is 0 Å². The van der Waals surface area contributed by atoms with Crippen molar-refractivity contribution in [1.29, 1.82) is 0 Å². The summed E-state index contributed by atoms with van der Waals surface area (Å²) in [4.78, 5) is 37.3. The predicted molar refractivity (Wildman–Crippen MR) is 100 cm³/mol. The summed E-state index contributed by atoms with van der Waals surface area (Å²) in [5.41, 5.74) is -0.262. The average molecular weight is 407 g/mol. The predicted octanol–water partition coefficient (Wildman–Crippen LogP) is 0.767. The minimum atomic E-state index is -3.86. The van der Waals surface area contributed by atoms with Gasteiger partial charge in [-0.1, -0.05) is 0 Å². The number of aryl methyl sites for hydroxylation is 2. The number of rotatable bonds is 4. The average Bonchev–Trinajstić information content (AvgIpc) is 3.03. The van der Waals surface area contributed by atoms with Crippen LogP contribution in [0.1, 0.15) is 28.4 Å². The Morgan fingerprint density at radius 3 is 2.78 bits per heavy atom. The monoisotopic (exact) mass is 407 g/mol. The molecule has 4 rings (SSSR count). The number of pyridine rings is 1. The number of thiazole rings is 1. The number of H-pyrrole nitrogens is 2. The number of nitrogens with zero attached hydrogens (tertiary/aromatic N) is 3. The number of hydrogen-bond donors (Lipinski definition) is 2. The summed E-state index contributed by atoms with van der Waals surface area (Å²) in [5.74, 6) is 0. The molecular weight excluding hydrogens is 390 g/mol. The fourth-order valence-electron chi connectivity index (χ4n) is 3.10. The van der Waals surface area contributed by atoms with Crippen LogP contribution in [-0.4, -0.2) is 39.7 Å². The quantitative estimate of drug-likeness (QED) is 0.657. The number of fused-ring (bicyclic) bond motifs is 2. The first-order chi connectivity index (χ1) is 12.8. The van der Waals surface area contributed by atoms with E-state index in [-0.39, 0.29) is 22.5 Å². The van der Waals surface area contributed by atoms with E-state index in [1.54, 1.807) is 11.3 Å². The van der Waals surface area contributed by atoms with Crippen molar-refractivity contribution < 1.29 is 8.42 Å². The van der Waals surface area contributed by atoms with E-state index in [0.29, 0.717) is 0 Å². The highest BCUT2D eigenvalue weighted by Gasteiger charge is 2.24. The Kier molecular flexibility index (Phi) is 4.44. The first-order valence-corrected chi connectivity index (χ1v) is 10.7. The normalized spacial score (nSPS) is 14.6. The van der Waals surface area contributed by atoms with E-state index < -0.39 is 21.3 Å². The molecule has 0 radical (unpaired) electrons. The van der Waals surface area contributed by atoms with Crippen LogP contribution in [0.3, 0.4) is 0 Å². The van der Waals surface area contributed by atoms with E-state index in [2.05, 4.69) is 19.9 Å². The van der Waals surface area contributed by atoms with Crippen LogP contribution in [0.5, 0.6) is 0 Å². The zero-order valence-electron chi connectivity index (χ0n) is 14.5. The van der Waals surface area contributed by atoms with Crippen molar-refractivity contribution in [2.45, 2.75) is 37.1 Å². The van der Waals surface area contributed by atoms with Crippen LogP contribution in [0.25, 0.3) is 11.0 Å². The van der Waals surface area contributed by atoms with E-state index in [9.17, 15) is 18.0 Å². The van der Waals surface area contributed by atoms with Gasteiger partial charge in [-0.3, -0.25) is 14.8 Å². The van der Waals surface area contributed by atoms with Crippen LogP contribution in [0.15, 0.2) is 26.7 Å². The highest BCUT2D eigenvalue weighted by Crippen LogP contribution is 2.28. The van der Waals surface area contributed by atoms with Gasteiger partial charge in [0.25, 0.3) is 5.56 Å². The molecule has 27 heavy (non-hydrogen) atoms. The Hall–Kier alpha value is -2.37. The molecule has 0 fully saturated rings. The maximum atomic E-state index is 12.9. The van der Waals surface area contributed by atoms with E-state index in [4.69, 9.17) is 0 Å². The SMILES string of the molecule is CN(Cc1nc2c(s1)CCCC2)S(=O)(=O)c1cnc2[nH]c(=O)[nH]c(=O)c2c1. The van der Waals surface area contributed by atoms with Gasteiger partial charge in [-0.15, -0.1) is 11.3 Å². The molecule has 0 unspecified atom stereocenters. The molecule has 0 aliphatic heterocycles. The highest BCUT2D eigenvalue weighted by atomic mass is 32.2. The third kappa shape index (κ3) is 3.33. The highest BCUT2D eigenvalue weighted by molar-refractivity contribution is 7.89. The van der Waals surface area contributed by atoms with Crippen molar-refractivity contribution in [2.24, 2.45) is 0 Å². The second-order valence-corrected chi connectivity index (χ2v) is 9.63. The lowest BCUT2D eigenvalue weighted by Crippen LogP contribution is -2.27. The van der Waals surface area contributed by atoms with Crippen LogP contribution < -0.4 is 11.2 Å². The summed E-state index contributed by atoms with van der Waals surface area (Å²) < 4.78 is 27.0. The molecule has 0 bridgehead atoms. The summed E-state index contributed by atoms with van der Waals surface area (Å²) in [6, 6.07) is 1.22. The Balaban J connectivity index is 1.66. The Morgan fingerprint density at radius 1 is 1.22 bits per heavy atom. The van der Waals surface area contributed by atoms with Crippen LogP contribution in [0.4, 0.5) is 0 Å². The van der Waals surface area contributed by atoms with Gasteiger partial charge in [0.1, 0.15) is 15.6 Å². The molecule has 1 aliphatic carbocycles. The molecule has 11 heteroatoms. The van der Waals surface area contributed by atoms with E-state index in [1.165, 1.54) is 22.3 Å². The minimum Gasteiger partial charge on any atom is -0.291 e. The summed E-state index contributed by atoms with van der Waals surface area (Å²) in [6.45, 7) is 0.153. The smallest absolute Gasteiger partial charge is 0.291 e. The maximum absolute atomic E-state index is 12.9. The summed E-state index contributed by atoms with van der Waals surface area (Å²) >= 11 is 1.55. The molecule has 0 aromatic carbocycles. The second kappa shape index (κ2) is 6.66. The first-order valence-electron chi connectivity index (χ1n) is 8.41. The van der Waals surface area contributed by atoms with Gasteiger partial charge < -0.3 is 0 Å². The summed E-state index contributed by atoms with van der Waals surface area (Å²) in [6.07, 6.45) is 5.33. The molecule has 142 valence electrons. The molecule has 3 aromatic heterocycles. The van der Waals surface area contributed by atoms with Crippen molar-refractivity contribution in [2.75, 3.05) is 7.05 Å². The Bertz CT molecular complexity index is 1220. The third-order valence-corrected chi connectivity index (χ3v) is 7.43. The number of aromatic nitrogens is 4. The molecule has 0 saturated carbocycles. The summed E-state index contributed by atoms with van der Waals surface area (Å²) in [7, 11) is -2.39. The Morgan fingerprint density at radius 2 is 2.00 bits per heavy atom. The zero-order valence-corrected chi connectivity index (χ0v) is 16.1. The lowest BCUT2D eigenvalue weighted by Gasteiger charge is -2.15. The fraction of sp³-hybridized carbons (Fsp3) is 0.375. The van der Waals surface area contributed by atoms with Gasteiger partial charge in [-0.05, 0) is 31.7 Å². The van der Waals surface area contributed by atoms with Gasteiger partial charge in [0.05, 0.1) is 17.6 Å². The molecule has 2 N–H and O–H groups in total. The molecular formula is C16H17N5O4S2. The standard InChI is InChI=1S/C16H17N5O4S2/c1-21(8-13-18-11-4-2-3-5-12(11)26-13)27(24,25)9-6-10-14(17-7-9)19-16(23)20-15(10)22/h6-7H,2-5,8H2,1H3,(H2,17,19,20,22,23). The number of sulfonamides is 1. The number of aromatic amines is 2. The van der Waals surface area contributed by atoms with Crippen molar-refractivity contribution in [1.82, 2.24) is 24.2 Å². The molecule has 0 amide bonds. The zero-order chi connectivity index (χ0) is 19.2. The number of nitrogens with one attached hydrogen (secondary N) is 2. The van der Waals surface area contributed by atoms with Gasteiger partial charge >= 0.3 is 5.69 Å². The number of hydrogen-bond acceptors (Lipinski definition) is 7.